The Morgan fingerprint density at radius 1 is 0.967 bits per heavy atom. The van der Waals surface area contributed by atoms with E-state index < -0.39 is 0 Å². The molecule has 152 valence electrons. The van der Waals surface area contributed by atoms with Gasteiger partial charge in [0.1, 0.15) is 11.5 Å². The van der Waals surface area contributed by atoms with Crippen molar-refractivity contribution < 1.29 is 4.74 Å². The van der Waals surface area contributed by atoms with Gasteiger partial charge < -0.3 is 9.64 Å². The average molecular weight is 435 g/mol. The fraction of sp³-hybridized carbons (Fsp3) is 0.160. The van der Waals surface area contributed by atoms with E-state index in [-0.39, 0.29) is 0 Å². The minimum Gasteiger partial charge on any atom is -0.454 e. The van der Waals surface area contributed by atoms with Crippen LogP contribution in [0.15, 0.2) is 88.4 Å². The van der Waals surface area contributed by atoms with Gasteiger partial charge in [-0.05, 0) is 62.1 Å². The van der Waals surface area contributed by atoms with Crippen molar-refractivity contribution in [1.82, 2.24) is 4.90 Å². The fourth-order valence-corrected chi connectivity index (χ4v) is 4.34. The summed E-state index contributed by atoms with van der Waals surface area (Å²) in [7, 11) is 4.18. The quantitative estimate of drug-likeness (QED) is 0.411. The first kappa shape index (κ1) is 20.7. The second-order valence-corrected chi connectivity index (χ2v) is 8.81. The number of halogens is 1. The lowest BCUT2D eigenvalue weighted by molar-refractivity contribution is 0.437. The SMILES string of the molecule is CN(C)CCSc1ccccc1N=C1/C(=C/c2ccc(Cl)cc2)Oc2ccccc21. The van der Waals surface area contributed by atoms with Crippen molar-refractivity contribution in [1.29, 1.82) is 0 Å². The molecule has 3 aromatic carbocycles. The number of rotatable bonds is 6. The highest BCUT2D eigenvalue weighted by Crippen LogP contribution is 2.36. The minimum atomic E-state index is 0.713. The predicted octanol–water partition coefficient (Wildman–Crippen LogP) is 6.55. The minimum absolute atomic E-state index is 0.713. The van der Waals surface area contributed by atoms with E-state index in [1.54, 1.807) is 0 Å². The molecule has 0 saturated carbocycles. The molecule has 1 heterocycles. The van der Waals surface area contributed by atoms with Crippen molar-refractivity contribution in [2.45, 2.75) is 4.90 Å². The van der Waals surface area contributed by atoms with E-state index >= 15 is 0 Å². The van der Waals surface area contributed by atoms with Gasteiger partial charge in [-0.15, -0.1) is 11.8 Å². The van der Waals surface area contributed by atoms with Gasteiger partial charge in [0.05, 0.1) is 5.69 Å². The number of allylic oxidation sites excluding steroid dienone is 1. The van der Waals surface area contributed by atoms with Gasteiger partial charge >= 0.3 is 0 Å². The molecule has 5 heteroatoms. The molecular formula is C25H23ClN2OS. The Kier molecular flexibility index (Phi) is 6.58. The summed E-state index contributed by atoms with van der Waals surface area (Å²) >= 11 is 7.86. The number of benzene rings is 3. The van der Waals surface area contributed by atoms with E-state index in [1.165, 1.54) is 4.90 Å². The van der Waals surface area contributed by atoms with Gasteiger partial charge in [0.15, 0.2) is 5.76 Å². The van der Waals surface area contributed by atoms with Crippen molar-refractivity contribution in [2.24, 2.45) is 4.99 Å². The largest absolute Gasteiger partial charge is 0.454 e. The van der Waals surface area contributed by atoms with Crippen molar-refractivity contribution in [3.63, 3.8) is 0 Å². The van der Waals surface area contributed by atoms with E-state index in [0.29, 0.717) is 5.02 Å². The zero-order chi connectivity index (χ0) is 20.9. The van der Waals surface area contributed by atoms with Crippen LogP contribution in [0.2, 0.25) is 5.02 Å². The Balaban J connectivity index is 1.72. The van der Waals surface area contributed by atoms with Crippen LogP contribution in [-0.4, -0.2) is 37.0 Å². The van der Waals surface area contributed by atoms with Crippen molar-refractivity contribution >= 4 is 40.8 Å². The molecule has 0 fully saturated rings. The number of nitrogens with zero attached hydrogens (tertiary/aromatic N) is 2. The average Bonchev–Trinajstić information content (AvgIpc) is 3.08. The number of thioether (sulfide) groups is 1. The van der Waals surface area contributed by atoms with Gasteiger partial charge in [0, 0.05) is 27.8 Å². The Hall–Kier alpha value is -2.53. The number of hydrogen-bond acceptors (Lipinski definition) is 4. The zero-order valence-corrected chi connectivity index (χ0v) is 18.6. The highest BCUT2D eigenvalue weighted by atomic mass is 35.5. The molecular weight excluding hydrogens is 412 g/mol. The van der Waals surface area contributed by atoms with Crippen LogP contribution in [0.1, 0.15) is 11.1 Å². The molecule has 30 heavy (non-hydrogen) atoms. The molecule has 3 nitrogen and oxygen atoms in total. The monoisotopic (exact) mass is 434 g/mol. The molecule has 0 atom stereocenters. The number of hydrogen-bond donors (Lipinski definition) is 0. The molecule has 0 spiro atoms. The van der Waals surface area contributed by atoms with Crippen molar-refractivity contribution in [3.05, 3.63) is 94.7 Å². The van der Waals surface area contributed by atoms with E-state index in [9.17, 15) is 0 Å². The predicted molar refractivity (Wildman–Crippen MR) is 128 cm³/mol. The molecule has 1 aliphatic heterocycles. The molecule has 0 N–H and O–H groups in total. The summed E-state index contributed by atoms with van der Waals surface area (Å²) in [5, 5.41) is 0.713. The third-order valence-corrected chi connectivity index (χ3v) is 5.95. The number of fused-ring (bicyclic) bond motifs is 1. The summed E-state index contributed by atoms with van der Waals surface area (Å²) in [6.07, 6.45) is 2.01. The summed E-state index contributed by atoms with van der Waals surface area (Å²) in [6.45, 7) is 1.02. The fourth-order valence-electron chi connectivity index (χ4n) is 3.10. The Morgan fingerprint density at radius 3 is 2.50 bits per heavy atom. The van der Waals surface area contributed by atoms with Crippen LogP contribution in [0.25, 0.3) is 6.08 Å². The standard InChI is InChI=1S/C25H23ClN2OS/c1-28(2)15-16-30-24-10-6-4-8-21(24)27-25-20-7-3-5-9-22(20)29-23(25)17-18-11-13-19(26)14-12-18/h3-14,17H,15-16H2,1-2H3/b23-17-,27-25?. The first-order valence-electron chi connectivity index (χ1n) is 9.80. The van der Waals surface area contributed by atoms with Crippen LogP contribution in [0.3, 0.4) is 0 Å². The molecule has 0 radical (unpaired) electrons. The molecule has 0 amide bonds. The van der Waals surface area contributed by atoms with Gasteiger partial charge in [0.2, 0.25) is 0 Å². The van der Waals surface area contributed by atoms with Crippen LogP contribution < -0.4 is 4.74 Å². The highest BCUT2D eigenvalue weighted by Gasteiger charge is 2.25. The molecule has 0 aromatic heterocycles. The smallest absolute Gasteiger partial charge is 0.154 e. The van der Waals surface area contributed by atoms with Gasteiger partial charge in [0.25, 0.3) is 0 Å². The summed E-state index contributed by atoms with van der Waals surface area (Å²) in [6, 6.07) is 24.0. The van der Waals surface area contributed by atoms with Gasteiger partial charge in [-0.1, -0.05) is 48.0 Å². The van der Waals surface area contributed by atoms with Crippen molar-refractivity contribution in [2.75, 3.05) is 26.4 Å². The van der Waals surface area contributed by atoms with E-state index in [4.69, 9.17) is 21.3 Å². The zero-order valence-electron chi connectivity index (χ0n) is 17.0. The number of ether oxygens (including phenoxy) is 1. The molecule has 0 bridgehead atoms. The molecule has 4 rings (SSSR count). The van der Waals surface area contributed by atoms with E-state index in [2.05, 4.69) is 43.3 Å². The summed E-state index contributed by atoms with van der Waals surface area (Å²) < 4.78 is 6.16. The van der Waals surface area contributed by atoms with Crippen molar-refractivity contribution in [3.8, 4) is 5.75 Å². The second-order valence-electron chi connectivity index (χ2n) is 7.24. The van der Waals surface area contributed by atoms with E-state index in [1.807, 2.05) is 66.4 Å². The summed E-state index contributed by atoms with van der Waals surface area (Å²) in [4.78, 5) is 8.41. The van der Waals surface area contributed by atoms with Crippen LogP contribution in [0.5, 0.6) is 5.75 Å². The Labute approximate surface area is 187 Å². The third kappa shape index (κ3) is 4.96. The topological polar surface area (TPSA) is 24.8 Å². The first-order chi connectivity index (χ1) is 14.6. The molecule has 1 aliphatic rings. The van der Waals surface area contributed by atoms with Gasteiger partial charge in [-0.2, -0.15) is 0 Å². The summed E-state index contributed by atoms with van der Waals surface area (Å²) in [5.74, 6) is 2.58. The number of para-hydroxylation sites is 2. The van der Waals surface area contributed by atoms with Crippen LogP contribution in [0, 0.1) is 0 Å². The first-order valence-corrected chi connectivity index (χ1v) is 11.2. The van der Waals surface area contributed by atoms with Gasteiger partial charge in [-0.3, -0.25) is 0 Å². The Morgan fingerprint density at radius 2 is 1.70 bits per heavy atom. The third-order valence-electron chi connectivity index (χ3n) is 4.66. The highest BCUT2D eigenvalue weighted by molar-refractivity contribution is 7.99. The molecule has 0 saturated heterocycles. The number of aliphatic imine (C=N–C) groups is 1. The van der Waals surface area contributed by atoms with Crippen LogP contribution in [0.4, 0.5) is 5.69 Å². The maximum atomic E-state index is 6.16. The molecule has 0 unspecified atom stereocenters. The normalized spacial score (nSPS) is 15.6. The lowest BCUT2D eigenvalue weighted by atomic mass is 10.1. The Bertz CT molecular complexity index is 1090. The molecule has 0 aliphatic carbocycles. The van der Waals surface area contributed by atoms with Gasteiger partial charge in [-0.25, -0.2) is 4.99 Å². The van der Waals surface area contributed by atoms with E-state index in [0.717, 1.165) is 46.3 Å². The lowest BCUT2D eigenvalue weighted by Gasteiger charge is -2.10. The lowest BCUT2D eigenvalue weighted by Crippen LogP contribution is -2.14. The maximum Gasteiger partial charge on any atom is 0.154 e. The molecule has 3 aromatic rings. The van der Waals surface area contributed by atoms with Crippen LogP contribution in [-0.2, 0) is 0 Å². The van der Waals surface area contributed by atoms with Crippen LogP contribution >= 0.6 is 23.4 Å². The maximum absolute atomic E-state index is 6.16. The second kappa shape index (κ2) is 9.52. The summed E-state index contributed by atoms with van der Waals surface area (Å²) in [5.41, 5.74) is 3.83.